The van der Waals surface area contributed by atoms with Gasteiger partial charge in [-0.25, -0.2) is 9.97 Å². The molecule has 1 heterocycles. The van der Waals surface area contributed by atoms with Crippen molar-refractivity contribution in [2.45, 2.75) is 12.8 Å². The number of aliphatic carboxylic acids is 1. The Morgan fingerprint density at radius 3 is 2.61 bits per heavy atom. The largest absolute Gasteiger partial charge is 0.481 e. The molecule has 0 aliphatic carbocycles. The average Bonchev–Trinajstić information content (AvgIpc) is 2.37. The lowest BCUT2D eigenvalue weighted by molar-refractivity contribution is -0.136. The van der Waals surface area contributed by atoms with Gasteiger partial charge in [0, 0.05) is 28.3 Å². The average molecular weight is 307 g/mol. The number of halogens is 1. The molecule has 0 aliphatic heterocycles. The number of aryl methyl sites for hydroxylation is 1. The summed E-state index contributed by atoms with van der Waals surface area (Å²) in [6, 6.07) is 9.41. The highest BCUT2D eigenvalue weighted by Crippen LogP contribution is 2.18. The van der Waals surface area contributed by atoms with Gasteiger partial charge < -0.3 is 5.11 Å². The molecule has 5 heteroatoms. The third-order valence-corrected chi connectivity index (χ3v) is 2.94. The van der Waals surface area contributed by atoms with Crippen LogP contribution in [0.3, 0.4) is 0 Å². The van der Waals surface area contributed by atoms with E-state index in [4.69, 9.17) is 5.11 Å². The molecule has 0 unspecified atom stereocenters. The van der Waals surface area contributed by atoms with Crippen molar-refractivity contribution in [3.63, 3.8) is 0 Å². The quantitative estimate of drug-likeness (QED) is 0.943. The first kappa shape index (κ1) is 12.7. The fourth-order valence-electron chi connectivity index (χ4n) is 1.51. The summed E-state index contributed by atoms with van der Waals surface area (Å²) in [5.74, 6) is -0.204. The van der Waals surface area contributed by atoms with Crippen LogP contribution in [0.4, 0.5) is 0 Å². The number of rotatable bonds is 4. The van der Waals surface area contributed by atoms with Crippen molar-refractivity contribution in [2.75, 3.05) is 0 Å². The molecule has 0 amide bonds. The molecular formula is C13H11BrN2O2. The van der Waals surface area contributed by atoms with E-state index < -0.39 is 5.97 Å². The Kier molecular flexibility index (Phi) is 4.04. The maximum Gasteiger partial charge on any atom is 0.303 e. The number of carboxylic acid groups (broad SMARTS) is 1. The first-order chi connectivity index (χ1) is 8.65. The highest BCUT2D eigenvalue weighted by molar-refractivity contribution is 9.10. The Hall–Kier alpha value is -1.75. The van der Waals surface area contributed by atoms with Gasteiger partial charge in [-0.1, -0.05) is 28.1 Å². The highest BCUT2D eigenvalue weighted by atomic mass is 79.9. The van der Waals surface area contributed by atoms with Crippen LogP contribution in [0.2, 0.25) is 0 Å². The van der Waals surface area contributed by atoms with Crippen LogP contribution in [0.5, 0.6) is 0 Å². The maximum absolute atomic E-state index is 10.5. The number of nitrogens with zero attached hydrogens (tertiary/aromatic N) is 2. The summed E-state index contributed by atoms with van der Waals surface area (Å²) in [5.41, 5.74) is 1.65. The molecule has 4 nitrogen and oxygen atoms in total. The zero-order valence-corrected chi connectivity index (χ0v) is 11.1. The number of benzene rings is 1. The molecule has 1 aromatic carbocycles. The van der Waals surface area contributed by atoms with Gasteiger partial charge >= 0.3 is 5.97 Å². The summed E-state index contributed by atoms with van der Waals surface area (Å²) < 4.78 is 0.994. The van der Waals surface area contributed by atoms with Gasteiger partial charge in [0.1, 0.15) is 0 Å². The van der Waals surface area contributed by atoms with Crippen LogP contribution in [-0.2, 0) is 11.2 Å². The first-order valence-corrected chi connectivity index (χ1v) is 6.24. The summed E-state index contributed by atoms with van der Waals surface area (Å²) in [5, 5.41) is 8.64. The summed E-state index contributed by atoms with van der Waals surface area (Å²) >= 11 is 3.37. The second kappa shape index (κ2) is 5.73. The van der Waals surface area contributed by atoms with Gasteiger partial charge in [0.25, 0.3) is 0 Å². The number of carbonyl (C=O) groups is 1. The van der Waals surface area contributed by atoms with Crippen molar-refractivity contribution in [3.8, 4) is 11.4 Å². The second-order valence-corrected chi connectivity index (χ2v) is 4.69. The van der Waals surface area contributed by atoms with Crippen molar-refractivity contribution < 1.29 is 9.90 Å². The Balaban J connectivity index is 2.21. The van der Waals surface area contributed by atoms with E-state index in [1.165, 1.54) is 0 Å². The normalized spacial score (nSPS) is 10.3. The molecule has 0 fully saturated rings. The smallest absolute Gasteiger partial charge is 0.303 e. The molecule has 18 heavy (non-hydrogen) atoms. The van der Waals surface area contributed by atoms with Crippen LogP contribution < -0.4 is 0 Å². The Morgan fingerprint density at radius 2 is 1.94 bits per heavy atom. The molecule has 1 aromatic heterocycles. The van der Waals surface area contributed by atoms with E-state index in [0.717, 1.165) is 15.7 Å². The monoisotopic (exact) mass is 306 g/mol. The minimum atomic E-state index is -0.821. The second-order valence-electron chi connectivity index (χ2n) is 3.77. The molecule has 0 saturated heterocycles. The van der Waals surface area contributed by atoms with E-state index in [-0.39, 0.29) is 6.42 Å². The van der Waals surface area contributed by atoms with Crippen LogP contribution in [0.25, 0.3) is 11.4 Å². The van der Waals surface area contributed by atoms with Crippen LogP contribution in [0.1, 0.15) is 12.1 Å². The first-order valence-electron chi connectivity index (χ1n) is 5.45. The molecule has 0 atom stereocenters. The van der Waals surface area contributed by atoms with Crippen molar-refractivity contribution in [1.82, 2.24) is 9.97 Å². The van der Waals surface area contributed by atoms with Crippen molar-refractivity contribution in [3.05, 3.63) is 46.7 Å². The van der Waals surface area contributed by atoms with Crippen molar-refractivity contribution >= 4 is 21.9 Å². The van der Waals surface area contributed by atoms with E-state index in [1.807, 2.05) is 24.3 Å². The van der Waals surface area contributed by atoms with Gasteiger partial charge in [-0.05, 0) is 18.2 Å². The van der Waals surface area contributed by atoms with E-state index in [2.05, 4.69) is 25.9 Å². The molecule has 0 radical (unpaired) electrons. The minimum absolute atomic E-state index is 0.0801. The van der Waals surface area contributed by atoms with Crippen molar-refractivity contribution in [1.29, 1.82) is 0 Å². The SMILES string of the molecule is O=C(O)CCc1ccnc(-c2ccc(Br)cc2)n1. The van der Waals surface area contributed by atoms with Crippen LogP contribution in [-0.4, -0.2) is 21.0 Å². The lowest BCUT2D eigenvalue weighted by Gasteiger charge is -2.03. The fourth-order valence-corrected chi connectivity index (χ4v) is 1.77. The number of hydrogen-bond acceptors (Lipinski definition) is 3. The van der Waals surface area contributed by atoms with Crippen LogP contribution >= 0.6 is 15.9 Å². The standard InChI is InChI=1S/C13H11BrN2O2/c14-10-3-1-9(2-4-10)13-15-8-7-11(16-13)5-6-12(17)18/h1-4,7-8H,5-6H2,(H,17,18). The molecule has 2 rings (SSSR count). The molecule has 92 valence electrons. The molecule has 0 bridgehead atoms. The van der Waals surface area contributed by atoms with Crippen LogP contribution in [0, 0.1) is 0 Å². The number of aromatic nitrogens is 2. The number of carboxylic acids is 1. The predicted molar refractivity (Wildman–Crippen MR) is 71.1 cm³/mol. The van der Waals surface area contributed by atoms with Crippen LogP contribution in [0.15, 0.2) is 41.0 Å². The summed E-state index contributed by atoms with van der Waals surface area (Å²) in [6.45, 7) is 0. The van der Waals surface area contributed by atoms with E-state index in [9.17, 15) is 4.79 Å². The summed E-state index contributed by atoms with van der Waals surface area (Å²) in [7, 11) is 0. The van der Waals surface area contributed by atoms with Gasteiger partial charge in [0.05, 0.1) is 6.42 Å². The fraction of sp³-hybridized carbons (Fsp3) is 0.154. The Labute approximate surface area is 113 Å². The molecular weight excluding hydrogens is 296 g/mol. The minimum Gasteiger partial charge on any atom is -0.481 e. The van der Waals surface area contributed by atoms with E-state index in [0.29, 0.717) is 12.2 Å². The van der Waals surface area contributed by atoms with E-state index in [1.54, 1.807) is 12.3 Å². The summed E-state index contributed by atoms with van der Waals surface area (Å²) in [4.78, 5) is 19.1. The van der Waals surface area contributed by atoms with Gasteiger partial charge in [-0.15, -0.1) is 0 Å². The lowest BCUT2D eigenvalue weighted by Crippen LogP contribution is -2.00. The topological polar surface area (TPSA) is 63.1 Å². The Bertz CT molecular complexity index is 555. The van der Waals surface area contributed by atoms with Gasteiger partial charge in [0.2, 0.25) is 0 Å². The summed E-state index contributed by atoms with van der Waals surface area (Å²) in [6.07, 6.45) is 2.15. The van der Waals surface area contributed by atoms with E-state index >= 15 is 0 Å². The van der Waals surface area contributed by atoms with Crippen molar-refractivity contribution in [2.24, 2.45) is 0 Å². The molecule has 1 N–H and O–H groups in total. The zero-order valence-electron chi connectivity index (χ0n) is 9.51. The zero-order chi connectivity index (χ0) is 13.0. The molecule has 0 spiro atoms. The van der Waals surface area contributed by atoms with Gasteiger partial charge in [-0.2, -0.15) is 0 Å². The lowest BCUT2D eigenvalue weighted by atomic mass is 10.2. The Morgan fingerprint density at radius 1 is 1.22 bits per heavy atom. The third-order valence-electron chi connectivity index (χ3n) is 2.41. The van der Waals surface area contributed by atoms with Gasteiger partial charge in [0.15, 0.2) is 5.82 Å². The molecule has 2 aromatic rings. The third kappa shape index (κ3) is 3.37. The predicted octanol–water partition coefficient (Wildman–Crippen LogP) is 2.92. The molecule has 0 aliphatic rings. The highest BCUT2D eigenvalue weighted by Gasteiger charge is 2.04. The van der Waals surface area contributed by atoms with Gasteiger partial charge in [-0.3, -0.25) is 4.79 Å². The maximum atomic E-state index is 10.5. The number of hydrogen-bond donors (Lipinski definition) is 1. The molecule has 0 saturated carbocycles.